The molecule has 5 heteroatoms. The van der Waals surface area contributed by atoms with Crippen molar-refractivity contribution in [2.24, 2.45) is 0 Å². The van der Waals surface area contributed by atoms with Gasteiger partial charge in [-0.1, -0.05) is 78.4 Å². The van der Waals surface area contributed by atoms with Crippen LogP contribution in [0.3, 0.4) is 0 Å². The number of nitrogens with one attached hydrogen (secondary N) is 2. The van der Waals surface area contributed by atoms with Crippen LogP contribution in [0.5, 0.6) is 0 Å². The van der Waals surface area contributed by atoms with Crippen LogP contribution in [0.2, 0.25) is 0 Å². The molecular weight excluding hydrogens is 386 g/mol. The Balaban J connectivity index is 1.83. The number of allylic oxidation sites excluding steroid dienone is 1. The number of aldehydes is 1. The van der Waals surface area contributed by atoms with E-state index in [0.29, 0.717) is 24.4 Å². The Hall–Kier alpha value is -3.86. The van der Waals surface area contributed by atoms with Gasteiger partial charge in [-0.25, -0.2) is 4.79 Å². The van der Waals surface area contributed by atoms with E-state index in [0.717, 1.165) is 28.7 Å². The molecule has 5 nitrogen and oxygen atoms in total. The van der Waals surface area contributed by atoms with Gasteiger partial charge in [-0.2, -0.15) is 0 Å². The third-order valence-electron chi connectivity index (χ3n) is 4.86. The van der Waals surface area contributed by atoms with E-state index in [9.17, 15) is 9.59 Å². The second-order valence-electron chi connectivity index (χ2n) is 7.44. The van der Waals surface area contributed by atoms with E-state index in [-0.39, 0.29) is 6.03 Å². The first-order valence-electron chi connectivity index (χ1n) is 10.2. The smallest absolute Gasteiger partial charge is 0.323 e. The molecule has 0 atom stereocenters. The normalized spacial score (nSPS) is 11.3. The zero-order valence-electron chi connectivity index (χ0n) is 17.8. The van der Waals surface area contributed by atoms with Crippen molar-refractivity contribution < 1.29 is 9.59 Å². The molecule has 0 saturated heterocycles. The van der Waals surface area contributed by atoms with Gasteiger partial charge in [-0.05, 0) is 30.2 Å². The molecule has 0 aromatic heterocycles. The van der Waals surface area contributed by atoms with Crippen molar-refractivity contribution in [1.82, 2.24) is 10.2 Å². The van der Waals surface area contributed by atoms with Gasteiger partial charge in [0.2, 0.25) is 0 Å². The van der Waals surface area contributed by atoms with Gasteiger partial charge in [-0.3, -0.25) is 10.1 Å². The molecule has 2 amide bonds. The van der Waals surface area contributed by atoms with Crippen molar-refractivity contribution in [3.63, 3.8) is 0 Å². The summed E-state index contributed by atoms with van der Waals surface area (Å²) in [7, 11) is 1.73. The maximum atomic E-state index is 12.9. The zero-order valence-corrected chi connectivity index (χ0v) is 17.8. The lowest BCUT2D eigenvalue weighted by molar-refractivity contribution is -0.105. The Morgan fingerprint density at radius 3 is 2.10 bits per heavy atom. The standard InChI is InChI=1S/C26H27N3O2/c1-20-13-15-21(16-14-20)17-23(19-30)25(27-24-11-7-4-8-12-24)28-26(31)29(2)18-22-9-5-3-6-10-22/h3-16,19,27H,17-18H2,1-2H3,(H,28,31)/b25-23-. The predicted molar refractivity (Wildman–Crippen MR) is 124 cm³/mol. The molecule has 3 rings (SSSR count). The fourth-order valence-electron chi connectivity index (χ4n) is 3.10. The molecule has 2 N–H and O–H groups in total. The van der Waals surface area contributed by atoms with Gasteiger partial charge >= 0.3 is 6.03 Å². The number of para-hydroxylation sites is 1. The van der Waals surface area contributed by atoms with E-state index >= 15 is 0 Å². The molecular formula is C26H27N3O2. The van der Waals surface area contributed by atoms with E-state index in [1.54, 1.807) is 11.9 Å². The number of carbonyl (C=O) groups excluding carboxylic acids is 2. The summed E-state index contributed by atoms with van der Waals surface area (Å²) in [6, 6.07) is 26.9. The van der Waals surface area contributed by atoms with Crippen LogP contribution in [0, 0.1) is 6.92 Å². The Morgan fingerprint density at radius 2 is 1.48 bits per heavy atom. The lowest BCUT2D eigenvalue weighted by Crippen LogP contribution is -2.39. The average molecular weight is 414 g/mol. The van der Waals surface area contributed by atoms with Gasteiger partial charge in [0.25, 0.3) is 0 Å². The minimum atomic E-state index is -0.300. The van der Waals surface area contributed by atoms with Crippen LogP contribution in [-0.4, -0.2) is 24.3 Å². The van der Waals surface area contributed by atoms with Gasteiger partial charge in [-0.15, -0.1) is 0 Å². The first-order valence-corrected chi connectivity index (χ1v) is 10.2. The van der Waals surface area contributed by atoms with Crippen LogP contribution in [0.1, 0.15) is 16.7 Å². The Bertz CT molecular complexity index is 1030. The van der Waals surface area contributed by atoms with Crippen molar-refractivity contribution in [2.45, 2.75) is 19.9 Å². The number of hydrogen-bond acceptors (Lipinski definition) is 3. The van der Waals surface area contributed by atoms with Gasteiger partial charge in [0.1, 0.15) is 12.1 Å². The third kappa shape index (κ3) is 6.57. The first kappa shape index (κ1) is 21.8. The number of hydrogen-bond donors (Lipinski definition) is 2. The summed E-state index contributed by atoms with van der Waals surface area (Å²) in [5, 5.41) is 6.09. The number of nitrogens with zero attached hydrogens (tertiary/aromatic N) is 1. The maximum Gasteiger partial charge on any atom is 0.323 e. The second kappa shape index (κ2) is 10.8. The molecule has 0 radical (unpaired) electrons. The molecule has 31 heavy (non-hydrogen) atoms. The van der Waals surface area contributed by atoms with Crippen molar-refractivity contribution in [3.8, 4) is 0 Å². The van der Waals surface area contributed by atoms with Crippen LogP contribution in [-0.2, 0) is 17.8 Å². The molecule has 158 valence electrons. The lowest BCUT2D eigenvalue weighted by Gasteiger charge is -2.21. The number of carbonyl (C=O) groups is 2. The molecule has 0 saturated carbocycles. The average Bonchev–Trinajstić information content (AvgIpc) is 2.79. The maximum absolute atomic E-state index is 12.9. The summed E-state index contributed by atoms with van der Waals surface area (Å²) in [5.41, 5.74) is 4.42. The van der Waals surface area contributed by atoms with E-state index in [2.05, 4.69) is 10.6 Å². The topological polar surface area (TPSA) is 61.4 Å². The van der Waals surface area contributed by atoms with Crippen molar-refractivity contribution in [2.75, 3.05) is 12.4 Å². The SMILES string of the molecule is Cc1ccc(C/C(C=O)=C(/NC(=O)N(C)Cc2ccccc2)Nc2ccccc2)cc1. The van der Waals surface area contributed by atoms with Crippen LogP contribution >= 0.6 is 0 Å². The van der Waals surface area contributed by atoms with Crippen LogP contribution < -0.4 is 10.6 Å². The lowest BCUT2D eigenvalue weighted by atomic mass is 10.0. The summed E-state index contributed by atoms with van der Waals surface area (Å²) in [5.74, 6) is 0.381. The molecule has 0 unspecified atom stereocenters. The molecule has 0 bridgehead atoms. The second-order valence-corrected chi connectivity index (χ2v) is 7.44. The van der Waals surface area contributed by atoms with Gasteiger partial charge in [0, 0.05) is 31.3 Å². The summed E-state index contributed by atoms with van der Waals surface area (Å²) in [4.78, 5) is 26.5. The van der Waals surface area contributed by atoms with E-state index in [1.165, 1.54) is 0 Å². The first-order chi connectivity index (χ1) is 15.0. The molecule has 0 spiro atoms. The van der Waals surface area contributed by atoms with Gasteiger partial charge in [0.15, 0.2) is 0 Å². The molecule has 3 aromatic rings. The minimum Gasteiger partial charge on any atom is -0.341 e. The largest absolute Gasteiger partial charge is 0.341 e. The van der Waals surface area contributed by atoms with Gasteiger partial charge < -0.3 is 10.2 Å². The number of rotatable bonds is 8. The van der Waals surface area contributed by atoms with Gasteiger partial charge in [0.05, 0.1) is 0 Å². The van der Waals surface area contributed by atoms with Crippen molar-refractivity contribution >= 4 is 18.0 Å². The fourth-order valence-corrected chi connectivity index (χ4v) is 3.10. The molecule has 0 aliphatic carbocycles. The zero-order chi connectivity index (χ0) is 22.1. The molecule has 0 aliphatic rings. The molecule has 0 fully saturated rings. The van der Waals surface area contributed by atoms with Crippen LogP contribution in [0.25, 0.3) is 0 Å². The quantitative estimate of drug-likeness (QED) is 0.408. The highest BCUT2D eigenvalue weighted by molar-refractivity contribution is 5.82. The molecule has 0 heterocycles. The fraction of sp³-hybridized carbons (Fsp3) is 0.154. The predicted octanol–water partition coefficient (Wildman–Crippen LogP) is 4.90. The number of amides is 2. The Kier molecular flexibility index (Phi) is 7.60. The van der Waals surface area contributed by atoms with Crippen LogP contribution in [0.4, 0.5) is 10.5 Å². The summed E-state index contributed by atoms with van der Waals surface area (Å²) >= 11 is 0. The summed E-state index contributed by atoms with van der Waals surface area (Å²) < 4.78 is 0. The highest BCUT2D eigenvalue weighted by Gasteiger charge is 2.15. The van der Waals surface area contributed by atoms with E-state index < -0.39 is 0 Å². The molecule has 3 aromatic carbocycles. The van der Waals surface area contributed by atoms with Crippen molar-refractivity contribution in [1.29, 1.82) is 0 Å². The number of benzene rings is 3. The minimum absolute atomic E-state index is 0.300. The van der Waals surface area contributed by atoms with Crippen LogP contribution in [0.15, 0.2) is 96.3 Å². The monoisotopic (exact) mass is 413 g/mol. The Labute approximate surface area is 183 Å². The third-order valence-corrected chi connectivity index (χ3v) is 4.86. The van der Waals surface area contributed by atoms with E-state index in [1.807, 2.05) is 91.9 Å². The Morgan fingerprint density at radius 1 is 0.871 bits per heavy atom. The van der Waals surface area contributed by atoms with Crippen molar-refractivity contribution in [3.05, 3.63) is 113 Å². The molecule has 0 aliphatic heterocycles. The van der Waals surface area contributed by atoms with E-state index in [4.69, 9.17) is 0 Å². The highest BCUT2D eigenvalue weighted by Crippen LogP contribution is 2.15. The number of urea groups is 1. The summed E-state index contributed by atoms with van der Waals surface area (Å²) in [6.45, 7) is 2.48. The highest BCUT2D eigenvalue weighted by atomic mass is 16.2. The number of aryl methyl sites for hydroxylation is 1. The summed E-state index contributed by atoms with van der Waals surface area (Å²) in [6.07, 6.45) is 1.20. The number of anilines is 1.